The molecule has 0 radical (unpaired) electrons. The van der Waals surface area contributed by atoms with Crippen LogP contribution in [0.2, 0.25) is 0 Å². The second-order valence-electron chi connectivity index (χ2n) is 4.53. The fourth-order valence-electron chi connectivity index (χ4n) is 2.23. The standard InChI is InChI=1S/C15H18O3/c1-2-3-4-9-12-13(16)10-7-5-6-8-11(10)14(17)15(12)18/h5-8,16-18H,2-4,9H2,1H3. The topological polar surface area (TPSA) is 60.7 Å². The lowest BCUT2D eigenvalue weighted by Crippen LogP contribution is -1.90. The van der Waals surface area contributed by atoms with E-state index < -0.39 is 0 Å². The minimum absolute atomic E-state index is 0.0806. The summed E-state index contributed by atoms with van der Waals surface area (Å²) in [5.74, 6) is -0.255. The highest BCUT2D eigenvalue weighted by Gasteiger charge is 2.17. The van der Waals surface area contributed by atoms with Crippen molar-refractivity contribution in [3.8, 4) is 17.2 Å². The van der Waals surface area contributed by atoms with Gasteiger partial charge in [0, 0.05) is 16.3 Å². The number of hydrogen-bond donors (Lipinski definition) is 3. The SMILES string of the molecule is CCCCCc1c(O)c(O)c2ccccc2c1O. The second-order valence-corrected chi connectivity index (χ2v) is 4.53. The first-order chi connectivity index (χ1) is 8.66. The van der Waals surface area contributed by atoms with E-state index in [0.717, 1.165) is 19.3 Å². The lowest BCUT2D eigenvalue weighted by molar-refractivity contribution is 0.394. The Balaban J connectivity index is 2.52. The van der Waals surface area contributed by atoms with E-state index in [2.05, 4.69) is 6.92 Å². The van der Waals surface area contributed by atoms with E-state index in [9.17, 15) is 15.3 Å². The number of unbranched alkanes of at least 4 members (excludes halogenated alkanes) is 2. The molecule has 3 nitrogen and oxygen atoms in total. The third-order valence-electron chi connectivity index (χ3n) is 3.26. The van der Waals surface area contributed by atoms with E-state index >= 15 is 0 Å². The lowest BCUT2D eigenvalue weighted by atomic mass is 9.99. The maximum Gasteiger partial charge on any atom is 0.166 e. The highest BCUT2D eigenvalue weighted by atomic mass is 16.3. The molecule has 0 spiro atoms. The number of phenolic OH excluding ortho intramolecular Hbond substituents is 3. The zero-order valence-corrected chi connectivity index (χ0v) is 10.5. The van der Waals surface area contributed by atoms with E-state index in [1.165, 1.54) is 0 Å². The highest BCUT2D eigenvalue weighted by molar-refractivity contribution is 5.96. The molecular weight excluding hydrogens is 228 g/mol. The number of hydrogen-bond acceptors (Lipinski definition) is 3. The number of fused-ring (bicyclic) bond motifs is 1. The number of aromatic hydroxyl groups is 3. The van der Waals surface area contributed by atoms with Crippen molar-refractivity contribution in [1.82, 2.24) is 0 Å². The first kappa shape index (κ1) is 12.6. The van der Waals surface area contributed by atoms with Crippen LogP contribution in [-0.4, -0.2) is 15.3 Å². The van der Waals surface area contributed by atoms with Gasteiger partial charge >= 0.3 is 0 Å². The smallest absolute Gasteiger partial charge is 0.166 e. The van der Waals surface area contributed by atoms with Crippen molar-refractivity contribution in [2.45, 2.75) is 32.6 Å². The summed E-state index contributed by atoms with van der Waals surface area (Å²) >= 11 is 0. The lowest BCUT2D eigenvalue weighted by Gasteiger charge is -2.12. The average molecular weight is 246 g/mol. The molecule has 2 aromatic carbocycles. The fraction of sp³-hybridized carbons (Fsp3) is 0.333. The number of phenols is 3. The molecule has 3 heteroatoms. The van der Waals surface area contributed by atoms with E-state index in [0.29, 0.717) is 22.8 Å². The molecule has 0 aliphatic carbocycles. The van der Waals surface area contributed by atoms with Crippen LogP contribution < -0.4 is 0 Å². The van der Waals surface area contributed by atoms with Crippen molar-refractivity contribution < 1.29 is 15.3 Å². The minimum Gasteiger partial charge on any atom is -0.507 e. The molecule has 0 aromatic heterocycles. The third kappa shape index (κ3) is 2.08. The van der Waals surface area contributed by atoms with Crippen LogP contribution in [0.4, 0.5) is 0 Å². The Bertz CT molecular complexity index is 561. The maximum absolute atomic E-state index is 10.2. The average Bonchev–Trinajstić information content (AvgIpc) is 2.40. The van der Waals surface area contributed by atoms with E-state index in [-0.39, 0.29) is 17.2 Å². The fourth-order valence-corrected chi connectivity index (χ4v) is 2.23. The molecule has 0 heterocycles. The number of rotatable bonds is 4. The van der Waals surface area contributed by atoms with Gasteiger partial charge in [-0.05, 0) is 12.8 Å². The molecule has 0 unspecified atom stereocenters. The Labute approximate surface area is 106 Å². The Morgan fingerprint density at radius 1 is 0.833 bits per heavy atom. The van der Waals surface area contributed by atoms with Crippen molar-refractivity contribution in [3.63, 3.8) is 0 Å². The van der Waals surface area contributed by atoms with Crippen molar-refractivity contribution in [2.75, 3.05) is 0 Å². The predicted molar refractivity (Wildman–Crippen MR) is 72.2 cm³/mol. The quantitative estimate of drug-likeness (QED) is 0.438. The molecule has 18 heavy (non-hydrogen) atoms. The van der Waals surface area contributed by atoms with Crippen LogP contribution in [0.5, 0.6) is 17.2 Å². The summed E-state index contributed by atoms with van der Waals surface area (Å²) < 4.78 is 0. The summed E-state index contributed by atoms with van der Waals surface area (Å²) in [5.41, 5.74) is 0.444. The molecule has 3 N–H and O–H groups in total. The van der Waals surface area contributed by atoms with Gasteiger partial charge in [0.2, 0.25) is 0 Å². The molecule has 2 aromatic rings. The minimum atomic E-state index is -0.192. The maximum atomic E-state index is 10.2. The van der Waals surface area contributed by atoms with Gasteiger partial charge in [0.05, 0.1) is 0 Å². The van der Waals surface area contributed by atoms with Crippen LogP contribution in [0.15, 0.2) is 24.3 Å². The van der Waals surface area contributed by atoms with Crippen LogP contribution in [0.1, 0.15) is 31.7 Å². The molecule has 0 atom stereocenters. The molecular formula is C15H18O3. The number of benzene rings is 2. The van der Waals surface area contributed by atoms with Gasteiger partial charge in [0.1, 0.15) is 5.75 Å². The Hall–Kier alpha value is -1.90. The van der Waals surface area contributed by atoms with Gasteiger partial charge in [-0.2, -0.15) is 0 Å². The summed E-state index contributed by atoms with van der Waals surface area (Å²) in [5, 5.41) is 31.2. The van der Waals surface area contributed by atoms with Crippen LogP contribution in [0, 0.1) is 0 Å². The van der Waals surface area contributed by atoms with Crippen LogP contribution >= 0.6 is 0 Å². The summed E-state index contributed by atoms with van der Waals surface area (Å²) in [6.07, 6.45) is 3.56. The molecule has 0 saturated heterocycles. The third-order valence-corrected chi connectivity index (χ3v) is 3.26. The van der Waals surface area contributed by atoms with Gasteiger partial charge in [-0.25, -0.2) is 0 Å². The monoisotopic (exact) mass is 246 g/mol. The van der Waals surface area contributed by atoms with Crippen molar-refractivity contribution in [1.29, 1.82) is 0 Å². The van der Waals surface area contributed by atoms with E-state index in [4.69, 9.17) is 0 Å². The zero-order chi connectivity index (χ0) is 13.1. The van der Waals surface area contributed by atoms with Gasteiger partial charge < -0.3 is 15.3 Å². The van der Waals surface area contributed by atoms with Crippen LogP contribution in [0.25, 0.3) is 10.8 Å². The van der Waals surface area contributed by atoms with Gasteiger partial charge in [-0.1, -0.05) is 44.0 Å². The van der Waals surface area contributed by atoms with Crippen molar-refractivity contribution in [3.05, 3.63) is 29.8 Å². The van der Waals surface area contributed by atoms with Crippen LogP contribution in [-0.2, 0) is 6.42 Å². The predicted octanol–water partition coefficient (Wildman–Crippen LogP) is 3.69. The molecule has 0 aliphatic rings. The van der Waals surface area contributed by atoms with E-state index in [1.54, 1.807) is 24.3 Å². The molecule has 0 amide bonds. The van der Waals surface area contributed by atoms with Crippen molar-refractivity contribution in [2.24, 2.45) is 0 Å². The first-order valence-corrected chi connectivity index (χ1v) is 6.31. The van der Waals surface area contributed by atoms with Gasteiger partial charge in [-0.3, -0.25) is 0 Å². The summed E-state index contributed by atoms with van der Waals surface area (Å²) in [4.78, 5) is 0. The molecule has 0 saturated carbocycles. The van der Waals surface area contributed by atoms with Gasteiger partial charge in [0.25, 0.3) is 0 Å². The highest BCUT2D eigenvalue weighted by Crippen LogP contribution is 2.44. The molecule has 0 aliphatic heterocycles. The molecule has 0 fully saturated rings. The zero-order valence-electron chi connectivity index (χ0n) is 10.5. The Morgan fingerprint density at radius 2 is 1.44 bits per heavy atom. The normalized spacial score (nSPS) is 10.9. The Morgan fingerprint density at radius 3 is 2.06 bits per heavy atom. The van der Waals surface area contributed by atoms with Crippen LogP contribution in [0.3, 0.4) is 0 Å². The summed E-state index contributed by atoms with van der Waals surface area (Å²) in [6, 6.07) is 6.99. The molecule has 0 bridgehead atoms. The summed E-state index contributed by atoms with van der Waals surface area (Å²) in [7, 11) is 0. The second kappa shape index (κ2) is 5.17. The van der Waals surface area contributed by atoms with E-state index in [1.807, 2.05) is 0 Å². The molecule has 96 valence electrons. The molecule has 2 rings (SSSR count). The van der Waals surface area contributed by atoms with Gasteiger partial charge in [0.15, 0.2) is 11.5 Å². The summed E-state index contributed by atoms with van der Waals surface area (Å²) in [6.45, 7) is 2.09. The Kier molecular flexibility index (Phi) is 3.60. The largest absolute Gasteiger partial charge is 0.507 e. The first-order valence-electron chi connectivity index (χ1n) is 6.31. The van der Waals surface area contributed by atoms with Crippen molar-refractivity contribution >= 4 is 10.8 Å². The van der Waals surface area contributed by atoms with Gasteiger partial charge in [-0.15, -0.1) is 0 Å².